The third kappa shape index (κ3) is 1.95. The second kappa shape index (κ2) is 3.45. The minimum Gasteiger partial charge on any atom is -0.349 e. The largest absolute Gasteiger partial charge is 0.349 e. The number of rotatable bonds is 2. The summed E-state index contributed by atoms with van der Waals surface area (Å²) in [5.41, 5.74) is 3.18. The topological polar surface area (TPSA) is 29.1 Å². The van der Waals surface area contributed by atoms with E-state index in [9.17, 15) is 4.79 Å². The van der Waals surface area contributed by atoms with Crippen LogP contribution in [0.25, 0.3) is 0 Å². The van der Waals surface area contributed by atoms with Crippen molar-refractivity contribution in [1.82, 2.24) is 5.32 Å². The molecule has 74 valence electrons. The predicted molar refractivity (Wildman–Crippen MR) is 56.4 cm³/mol. The van der Waals surface area contributed by atoms with Crippen molar-refractivity contribution in [2.45, 2.75) is 32.7 Å². The number of aryl methyl sites for hydroxylation is 2. The molecule has 0 atom stereocenters. The van der Waals surface area contributed by atoms with Gasteiger partial charge >= 0.3 is 0 Å². The number of nitrogens with one attached hydrogen (secondary N) is 1. The summed E-state index contributed by atoms with van der Waals surface area (Å²) in [5, 5.41) is 2.98. The van der Waals surface area contributed by atoms with Crippen LogP contribution in [0.5, 0.6) is 0 Å². The number of amides is 1. The summed E-state index contributed by atoms with van der Waals surface area (Å²) in [6.45, 7) is 4.08. The molecule has 0 heterocycles. The van der Waals surface area contributed by atoms with E-state index in [1.165, 1.54) is 11.1 Å². The lowest BCUT2D eigenvalue weighted by Crippen LogP contribution is -2.25. The monoisotopic (exact) mass is 189 g/mol. The Labute approximate surface area is 84.3 Å². The molecule has 1 N–H and O–H groups in total. The molecule has 2 heteroatoms. The zero-order valence-electron chi connectivity index (χ0n) is 8.63. The van der Waals surface area contributed by atoms with Crippen molar-refractivity contribution >= 4 is 5.91 Å². The molecule has 1 aliphatic carbocycles. The molecule has 0 bridgehead atoms. The molecule has 1 aromatic rings. The number of benzene rings is 1. The van der Waals surface area contributed by atoms with E-state index in [4.69, 9.17) is 0 Å². The summed E-state index contributed by atoms with van der Waals surface area (Å²) in [6, 6.07) is 6.27. The second-order valence-corrected chi connectivity index (χ2v) is 4.05. The summed E-state index contributed by atoms with van der Waals surface area (Å²) in [7, 11) is 0. The van der Waals surface area contributed by atoms with Crippen molar-refractivity contribution in [3.8, 4) is 0 Å². The fourth-order valence-electron chi connectivity index (χ4n) is 1.38. The van der Waals surface area contributed by atoms with E-state index >= 15 is 0 Å². The highest BCUT2D eigenvalue weighted by Gasteiger charge is 2.23. The lowest BCUT2D eigenvalue weighted by molar-refractivity contribution is 0.0951. The maximum absolute atomic E-state index is 11.6. The lowest BCUT2D eigenvalue weighted by Gasteiger charge is -2.05. The minimum absolute atomic E-state index is 0.0654. The van der Waals surface area contributed by atoms with Gasteiger partial charge in [0.15, 0.2) is 0 Å². The van der Waals surface area contributed by atoms with Crippen LogP contribution >= 0.6 is 0 Å². The van der Waals surface area contributed by atoms with Gasteiger partial charge in [0, 0.05) is 11.6 Å². The van der Waals surface area contributed by atoms with Gasteiger partial charge < -0.3 is 5.32 Å². The molecule has 2 rings (SSSR count). The molecule has 0 unspecified atom stereocenters. The van der Waals surface area contributed by atoms with E-state index in [0.717, 1.165) is 18.4 Å². The highest BCUT2D eigenvalue weighted by atomic mass is 16.1. The first-order valence-corrected chi connectivity index (χ1v) is 5.05. The highest BCUT2D eigenvalue weighted by molar-refractivity contribution is 5.94. The van der Waals surface area contributed by atoms with Crippen LogP contribution in [0, 0.1) is 13.8 Å². The molecular formula is C12H15NO. The Hall–Kier alpha value is -1.31. The van der Waals surface area contributed by atoms with Gasteiger partial charge in [0.1, 0.15) is 0 Å². The Morgan fingerprint density at radius 3 is 2.57 bits per heavy atom. The summed E-state index contributed by atoms with van der Waals surface area (Å²) in [6.07, 6.45) is 2.27. The van der Waals surface area contributed by atoms with Gasteiger partial charge in [-0.1, -0.05) is 6.07 Å². The Morgan fingerprint density at radius 2 is 2.00 bits per heavy atom. The van der Waals surface area contributed by atoms with Crippen LogP contribution in [0.2, 0.25) is 0 Å². The number of carbonyl (C=O) groups is 1. The van der Waals surface area contributed by atoms with E-state index in [1.807, 2.05) is 25.1 Å². The van der Waals surface area contributed by atoms with Crippen molar-refractivity contribution in [3.05, 3.63) is 34.9 Å². The SMILES string of the molecule is Cc1ccc(C(=O)NC2CC2)cc1C. The van der Waals surface area contributed by atoms with Crippen LogP contribution in [0.1, 0.15) is 34.3 Å². The van der Waals surface area contributed by atoms with Gasteiger partial charge in [-0.05, 0) is 49.9 Å². The zero-order chi connectivity index (χ0) is 10.1. The molecular weight excluding hydrogens is 174 g/mol. The van der Waals surface area contributed by atoms with Gasteiger partial charge in [-0.2, -0.15) is 0 Å². The standard InChI is InChI=1S/C12H15NO/c1-8-3-4-10(7-9(8)2)12(14)13-11-5-6-11/h3-4,7,11H,5-6H2,1-2H3,(H,13,14). The molecule has 0 aromatic heterocycles. The van der Waals surface area contributed by atoms with Gasteiger partial charge in [0.05, 0.1) is 0 Å². The van der Waals surface area contributed by atoms with E-state index < -0.39 is 0 Å². The normalized spacial score (nSPS) is 15.3. The Bertz CT molecular complexity index is 367. The first kappa shape index (κ1) is 9.25. The van der Waals surface area contributed by atoms with Gasteiger partial charge in [0.25, 0.3) is 5.91 Å². The van der Waals surface area contributed by atoms with E-state index in [2.05, 4.69) is 12.2 Å². The van der Waals surface area contributed by atoms with E-state index in [0.29, 0.717) is 6.04 Å². The first-order valence-electron chi connectivity index (χ1n) is 5.05. The van der Waals surface area contributed by atoms with Crippen LogP contribution in [0.4, 0.5) is 0 Å². The predicted octanol–water partition coefficient (Wildman–Crippen LogP) is 2.20. The minimum atomic E-state index is 0.0654. The first-order chi connectivity index (χ1) is 6.66. The zero-order valence-corrected chi connectivity index (χ0v) is 8.63. The van der Waals surface area contributed by atoms with Crippen molar-refractivity contribution < 1.29 is 4.79 Å². The number of hydrogen-bond acceptors (Lipinski definition) is 1. The van der Waals surface area contributed by atoms with Gasteiger partial charge in [-0.15, -0.1) is 0 Å². The lowest BCUT2D eigenvalue weighted by atomic mass is 10.1. The van der Waals surface area contributed by atoms with Crippen LogP contribution < -0.4 is 5.32 Å². The Morgan fingerprint density at radius 1 is 1.29 bits per heavy atom. The second-order valence-electron chi connectivity index (χ2n) is 4.05. The van der Waals surface area contributed by atoms with E-state index in [-0.39, 0.29) is 5.91 Å². The average Bonchev–Trinajstić information content (AvgIpc) is 2.93. The van der Waals surface area contributed by atoms with Crippen LogP contribution in [-0.2, 0) is 0 Å². The molecule has 1 saturated carbocycles. The molecule has 14 heavy (non-hydrogen) atoms. The number of carbonyl (C=O) groups excluding carboxylic acids is 1. The molecule has 1 aliphatic rings. The fourth-order valence-corrected chi connectivity index (χ4v) is 1.38. The van der Waals surface area contributed by atoms with Crippen molar-refractivity contribution in [1.29, 1.82) is 0 Å². The van der Waals surface area contributed by atoms with Crippen LogP contribution in [0.15, 0.2) is 18.2 Å². The van der Waals surface area contributed by atoms with Gasteiger partial charge in [-0.25, -0.2) is 0 Å². The quantitative estimate of drug-likeness (QED) is 0.759. The molecule has 1 fully saturated rings. The molecule has 0 radical (unpaired) electrons. The van der Waals surface area contributed by atoms with Gasteiger partial charge in [-0.3, -0.25) is 4.79 Å². The number of hydrogen-bond donors (Lipinski definition) is 1. The molecule has 0 spiro atoms. The fraction of sp³-hybridized carbons (Fsp3) is 0.417. The van der Waals surface area contributed by atoms with Crippen LogP contribution in [0.3, 0.4) is 0 Å². The smallest absolute Gasteiger partial charge is 0.251 e. The maximum atomic E-state index is 11.6. The highest BCUT2D eigenvalue weighted by Crippen LogP contribution is 2.19. The molecule has 1 aromatic carbocycles. The third-order valence-corrected chi connectivity index (χ3v) is 2.68. The Kier molecular flexibility index (Phi) is 2.28. The van der Waals surface area contributed by atoms with Crippen LogP contribution in [-0.4, -0.2) is 11.9 Å². The van der Waals surface area contributed by atoms with Crippen molar-refractivity contribution in [3.63, 3.8) is 0 Å². The maximum Gasteiger partial charge on any atom is 0.251 e. The summed E-state index contributed by atoms with van der Waals surface area (Å²) in [4.78, 5) is 11.6. The molecule has 0 aliphatic heterocycles. The van der Waals surface area contributed by atoms with Gasteiger partial charge in [0.2, 0.25) is 0 Å². The van der Waals surface area contributed by atoms with Crippen molar-refractivity contribution in [2.75, 3.05) is 0 Å². The summed E-state index contributed by atoms with van der Waals surface area (Å²) in [5.74, 6) is 0.0654. The third-order valence-electron chi connectivity index (χ3n) is 2.68. The van der Waals surface area contributed by atoms with E-state index in [1.54, 1.807) is 0 Å². The summed E-state index contributed by atoms with van der Waals surface area (Å²) < 4.78 is 0. The van der Waals surface area contributed by atoms with Crippen molar-refractivity contribution in [2.24, 2.45) is 0 Å². The average molecular weight is 189 g/mol. The molecule has 0 saturated heterocycles. The summed E-state index contributed by atoms with van der Waals surface area (Å²) >= 11 is 0. The Balaban J connectivity index is 2.14. The molecule has 2 nitrogen and oxygen atoms in total. The molecule has 1 amide bonds.